The first-order chi connectivity index (χ1) is 6.56. The summed E-state index contributed by atoms with van der Waals surface area (Å²) in [5.74, 6) is -2.43. The van der Waals surface area contributed by atoms with Gasteiger partial charge < -0.3 is 10.2 Å². The van der Waals surface area contributed by atoms with Gasteiger partial charge in [-0.3, -0.25) is 0 Å². The first-order valence-corrected chi connectivity index (χ1v) is 4.15. The second-order valence-electron chi connectivity index (χ2n) is 2.84. The number of hydrogen-bond acceptors (Lipinski definition) is 2. The van der Waals surface area contributed by atoms with E-state index in [4.69, 9.17) is 10.2 Å². The number of aryl methyl sites for hydroxylation is 1. The quantitative estimate of drug-likeness (QED) is 0.767. The molecule has 4 nitrogen and oxygen atoms in total. The van der Waals surface area contributed by atoms with Gasteiger partial charge in [0.2, 0.25) is 0 Å². The Kier molecular flexibility index (Phi) is 2.86. The van der Waals surface area contributed by atoms with Gasteiger partial charge in [-0.15, -0.1) is 0 Å². The van der Waals surface area contributed by atoms with Crippen molar-refractivity contribution in [1.82, 2.24) is 0 Å². The molecule has 0 atom stereocenters. The number of hydrogen-bond donors (Lipinski definition) is 2. The highest BCUT2D eigenvalue weighted by Gasteiger charge is 2.15. The van der Waals surface area contributed by atoms with Gasteiger partial charge in [0, 0.05) is 0 Å². The molecule has 1 aromatic rings. The lowest BCUT2D eigenvalue weighted by Gasteiger charge is -2.03. The molecule has 0 saturated carbocycles. The van der Waals surface area contributed by atoms with Crippen LogP contribution in [-0.4, -0.2) is 22.2 Å². The molecule has 0 radical (unpaired) electrons. The zero-order chi connectivity index (χ0) is 10.7. The van der Waals surface area contributed by atoms with Crippen LogP contribution in [0.3, 0.4) is 0 Å². The normalized spacial score (nSPS) is 9.79. The Morgan fingerprint density at radius 2 is 1.71 bits per heavy atom. The van der Waals surface area contributed by atoms with Gasteiger partial charge in [0.05, 0.1) is 11.1 Å². The van der Waals surface area contributed by atoms with Crippen LogP contribution in [0.2, 0.25) is 0 Å². The fourth-order valence-corrected chi connectivity index (χ4v) is 1.17. The highest BCUT2D eigenvalue weighted by atomic mass is 16.4. The zero-order valence-electron chi connectivity index (χ0n) is 7.65. The largest absolute Gasteiger partial charge is 0.478 e. The number of carbonyl (C=O) groups is 2. The summed E-state index contributed by atoms with van der Waals surface area (Å²) in [5.41, 5.74) is 0.485. The Morgan fingerprint density at radius 1 is 1.14 bits per heavy atom. The SMILES string of the molecule is CCc1ccc(C(=O)O)c(C(=O)O)c1. The highest BCUT2D eigenvalue weighted by Crippen LogP contribution is 2.12. The maximum atomic E-state index is 10.7. The smallest absolute Gasteiger partial charge is 0.336 e. The van der Waals surface area contributed by atoms with Gasteiger partial charge in [-0.2, -0.15) is 0 Å². The second-order valence-corrected chi connectivity index (χ2v) is 2.84. The van der Waals surface area contributed by atoms with Crippen molar-refractivity contribution in [2.24, 2.45) is 0 Å². The van der Waals surface area contributed by atoms with Crippen LogP contribution in [0.25, 0.3) is 0 Å². The van der Waals surface area contributed by atoms with Crippen LogP contribution < -0.4 is 0 Å². The van der Waals surface area contributed by atoms with Crippen molar-refractivity contribution < 1.29 is 19.8 Å². The number of rotatable bonds is 3. The molecule has 0 bridgehead atoms. The predicted octanol–water partition coefficient (Wildman–Crippen LogP) is 1.65. The minimum Gasteiger partial charge on any atom is -0.478 e. The molecule has 0 unspecified atom stereocenters. The Bertz CT molecular complexity index is 382. The van der Waals surface area contributed by atoms with Crippen LogP contribution in [0.1, 0.15) is 33.2 Å². The van der Waals surface area contributed by atoms with Crippen LogP contribution in [0.5, 0.6) is 0 Å². The van der Waals surface area contributed by atoms with Gasteiger partial charge in [-0.1, -0.05) is 13.0 Å². The molecule has 0 saturated heterocycles. The first-order valence-electron chi connectivity index (χ1n) is 4.15. The third-order valence-electron chi connectivity index (χ3n) is 1.95. The number of carboxylic acid groups (broad SMARTS) is 2. The summed E-state index contributed by atoms with van der Waals surface area (Å²) in [5, 5.41) is 17.5. The Labute approximate surface area is 80.8 Å². The fraction of sp³-hybridized carbons (Fsp3) is 0.200. The van der Waals surface area contributed by atoms with Crippen molar-refractivity contribution in [2.75, 3.05) is 0 Å². The molecular weight excluding hydrogens is 184 g/mol. The van der Waals surface area contributed by atoms with E-state index in [2.05, 4.69) is 0 Å². The van der Waals surface area contributed by atoms with Gasteiger partial charge in [0.25, 0.3) is 0 Å². The molecule has 74 valence electrons. The van der Waals surface area contributed by atoms with E-state index < -0.39 is 11.9 Å². The number of carboxylic acids is 2. The van der Waals surface area contributed by atoms with Crippen molar-refractivity contribution in [2.45, 2.75) is 13.3 Å². The Balaban J connectivity index is 3.31. The van der Waals surface area contributed by atoms with Crippen LogP contribution in [-0.2, 0) is 6.42 Å². The highest BCUT2D eigenvalue weighted by molar-refractivity contribution is 6.01. The van der Waals surface area contributed by atoms with Crippen molar-refractivity contribution in [3.05, 3.63) is 34.9 Å². The molecule has 0 spiro atoms. The van der Waals surface area contributed by atoms with Gasteiger partial charge >= 0.3 is 11.9 Å². The summed E-state index contributed by atoms with van der Waals surface area (Å²) in [7, 11) is 0. The molecule has 4 heteroatoms. The minimum atomic E-state index is -1.22. The van der Waals surface area contributed by atoms with E-state index in [9.17, 15) is 9.59 Å². The number of benzene rings is 1. The summed E-state index contributed by atoms with van der Waals surface area (Å²) in [6, 6.07) is 4.34. The Morgan fingerprint density at radius 3 is 2.14 bits per heavy atom. The number of aromatic carboxylic acids is 2. The minimum absolute atomic E-state index is 0.156. The lowest BCUT2D eigenvalue weighted by Crippen LogP contribution is -2.08. The summed E-state index contributed by atoms with van der Waals surface area (Å²) < 4.78 is 0. The van der Waals surface area contributed by atoms with Crippen molar-refractivity contribution in [3.63, 3.8) is 0 Å². The second kappa shape index (κ2) is 3.91. The molecule has 14 heavy (non-hydrogen) atoms. The average Bonchev–Trinajstić information content (AvgIpc) is 2.16. The van der Waals surface area contributed by atoms with E-state index in [0.29, 0.717) is 6.42 Å². The lowest BCUT2D eigenvalue weighted by molar-refractivity contribution is 0.0651. The standard InChI is InChI=1S/C10H10O4/c1-2-6-3-4-7(9(11)12)8(5-6)10(13)14/h3-5H,2H2,1H3,(H,11,12)(H,13,14). The molecular formula is C10H10O4. The maximum Gasteiger partial charge on any atom is 0.336 e. The lowest BCUT2D eigenvalue weighted by atomic mass is 10.0. The van der Waals surface area contributed by atoms with Gasteiger partial charge in [-0.05, 0) is 24.1 Å². The summed E-state index contributed by atoms with van der Waals surface area (Å²) in [4.78, 5) is 21.4. The maximum absolute atomic E-state index is 10.7. The Hall–Kier alpha value is -1.84. The van der Waals surface area contributed by atoms with Crippen LogP contribution >= 0.6 is 0 Å². The third kappa shape index (κ3) is 1.90. The van der Waals surface area contributed by atoms with E-state index in [1.54, 1.807) is 6.07 Å². The van der Waals surface area contributed by atoms with E-state index >= 15 is 0 Å². The van der Waals surface area contributed by atoms with Crippen LogP contribution in [0.15, 0.2) is 18.2 Å². The summed E-state index contributed by atoms with van der Waals surface area (Å²) in [6.07, 6.45) is 0.681. The van der Waals surface area contributed by atoms with E-state index in [0.717, 1.165) is 5.56 Å². The molecule has 0 amide bonds. The third-order valence-corrected chi connectivity index (χ3v) is 1.95. The molecule has 1 rings (SSSR count). The molecule has 1 aromatic carbocycles. The van der Waals surface area contributed by atoms with Crippen molar-refractivity contribution in [3.8, 4) is 0 Å². The topological polar surface area (TPSA) is 74.6 Å². The molecule has 0 aliphatic carbocycles. The molecule has 0 fully saturated rings. The summed E-state index contributed by atoms with van der Waals surface area (Å²) >= 11 is 0. The average molecular weight is 194 g/mol. The molecule has 0 heterocycles. The molecule has 2 N–H and O–H groups in total. The predicted molar refractivity (Wildman–Crippen MR) is 49.7 cm³/mol. The van der Waals surface area contributed by atoms with Crippen LogP contribution in [0, 0.1) is 0 Å². The van der Waals surface area contributed by atoms with Crippen LogP contribution in [0.4, 0.5) is 0 Å². The molecule has 0 aromatic heterocycles. The van der Waals surface area contributed by atoms with Crippen molar-refractivity contribution in [1.29, 1.82) is 0 Å². The summed E-state index contributed by atoms with van der Waals surface area (Å²) in [6.45, 7) is 1.88. The molecule has 0 aliphatic heterocycles. The molecule has 0 aliphatic rings. The van der Waals surface area contributed by atoms with E-state index in [1.165, 1.54) is 12.1 Å². The van der Waals surface area contributed by atoms with Gasteiger partial charge in [-0.25, -0.2) is 9.59 Å². The van der Waals surface area contributed by atoms with E-state index in [1.807, 2.05) is 6.92 Å². The van der Waals surface area contributed by atoms with Gasteiger partial charge in [0.15, 0.2) is 0 Å². The van der Waals surface area contributed by atoms with Gasteiger partial charge in [0.1, 0.15) is 0 Å². The zero-order valence-corrected chi connectivity index (χ0v) is 7.65. The fourth-order valence-electron chi connectivity index (χ4n) is 1.17. The van der Waals surface area contributed by atoms with E-state index in [-0.39, 0.29) is 11.1 Å². The monoisotopic (exact) mass is 194 g/mol. The first kappa shape index (κ1) is 10.2. The van der Waals surface area contributed by atoms with Crippen molar-refractivity contribution >= 4 is 11.9 Å².